The van der Waals surface area contributed by atoms with Crippen molar-refractivity contribution in [3.63, 3.8) is 0 Å². The minimum atomic E-state index is -4.71. The maximum Gasteiger partial charge on any atom is 0.416 e. The Labute approximate surface area is 250 Å². The van der Waals surface area contributed by atoms with E-state index in [0.717, 1.165) is 18.9 Å². The lowest BCUT2D eigenvalue weighted by Crippen LogP contribution is -2.20. The van der Waals surface area contributed by atoms with Gasteiger partial charge >= 0.3 is 12.1 Å². The molecule has 6 nitrogen and oxygen atoms in total. The number of carbonyl (C=O) groups is 1. The molecule has 3 aromatic carbocycles. The predicted molar refractivity (Wildman–Crippen MR) is 152 cm³/mol. The Morgan fingerprint density at radius 1 is 1.07 bits per heavy atom. The summed E-state index contributed by atoms with van der Waals surface area (Å²) in [6.45, 7) is -0.366. The van der Waals surface area contributed by atoms with Crippen molar-refractivity contribution >= 4 is 34.9 Å². The minimum Gasteiger partial charge on any atom is -0.512 e. The third kappa shape index (κ3) is 6.22. The molecule has 220 valence electrons. The van der Waals surface area contributed by atoms with Gasteiger partial charge in [-0.05, 0) is 73.7 Å². The second-order valence-electron chi connectivity index (χ2n) is 10.1. The number of benzene rings is 3. The lowest BCUT2D eigenvalue weighted by Gasteiger charge is -2.29. The van der Waals surface area contributed by atoms with Crippen molar-refractivity contribution in [2.45, 2.75) is 38.0 Å². The zero-order valence-electron chi connectivity index (χ0n) is 22.4. The van der Waals surface area contributed by atoms with Gasteiger partial charge < -0.3 is 19.3 Å². The van der Waals surface area contributed by atoms with Gasteiger partial charge in [-0.3, -0.25) is 5.41 Å². The van der Waals surface area contributed by atoms with Gasteiger partial charge in [-0.25, -0.2) is 4.79 Å². The van der Waals surface area contributed by atoms with Gasteiger partial charge in [-0.15, -0.1) is 0 Å². The van der Waals surface area contributed by atoms with Crippen molar-refractivity contribution in [1.82, 2.24) is 0 Å². The van der Waals surface area contributed by atoms with E-state index in [0.29, 0.717) is 23.3 Å². The monoisotopic (exact) mass is 619 g/mol. The van der Waals surface area contributed by atoms with Crippen LogP contribution < -0.4 is 9.47 Å². The van der Waals surface area contributed by atoms with Gasteiger partial charge in [0.05, 0.1) is 39.6 Å². The standard InChI is InChI=1S/C31H26Cl2F3NO5/c1-40-30(39)18-8-11-25-17(13-18)7-12-26(42-25)20-10-9-19(14-22(20)31(34,35)36)41-15-21(29(38)16-5-6-16)28(37)27-23(32)3-2-4-24(27)33/h2-4,8-11,13-14,16,26,37-38H,5-7,12,15H2,1H3/b29-21-,37-28?. The quantitative estimate of drug-likeness (QED) is 0.150. The zero-order chi connectivity index (χ0) is 30.2. The smallest absolute Gasteiger partial charge is 0.416 e. The van der Waals surface area contributed by atoms with E-state index >= 15 is 0 Å². The molecule has 11 heteroatoms. The highest BCUT2D eigenvalue weighted by Gasteiger charge is 2.38. The molecule has 3 aromatic rings. The number of fused-ring (bicyclic) bond motifs is 1. The molecule has 0 amide bonds. The summed E-state index contributed by atoms with van der Waals surface area (Å²) in [5.41, 5.74) is 0.216. The lowest BCUT2D eigenvalue weighted by molar-refractivity contribution is -0.139. The second-order valence-corrected chi connectivity index (χ2v) is 10.9. The molecule has 2 N–H and O–H groups in total. The third-order valence-electron chi connectivity index (χ3n) is 7.27. The predicted octanol–water partition coefficient (Wildman–Crippen LogP) is 8.53. The summed E-state index contributed by atoms with van der Waals surface area (Å²) < 4.78 is 59.2. The number of carbonyl (C=O) groups excluding carboxylic acids is 1. The van der Waals surface area contributed by atoms with Crippen LogP contribution in [0.2, 0.25) is 10.0 Å². The summed E-state index contributed by atoms with van der Waals surface area (Å²) in [4.78, 5) is 11.8. The molecule has 1 heterocycles. The van der Waals surface area contributed by atoms with E-state index in [1.54, 1.807) is 30.3 Å². The molecule has 1 unspecified atom stereocenters. The largest absolute Gasteiger partial charge is 0.512 e. The van der Waals surface area contributed by atoms with Crippen LogP contribution in [-0.2, 0) is 17.3 Å². The molecule has 1 aliphatic carbocycles. The van der Waals surface area contributed by atoms with Crippen molar-refractivity contribution in [3.05, 3.63) is 104 Å². The number of esters is 1. The Hall–Kier alpha value is -3.69. The Balaban J connectivity index is 1.40. The maximum absolute atomic E-state index is 14.3. The molecule has 5 rings (SSSR count). The molecule has 1 fully saturated rings. The van der Waals surface area contributed by atoms with Crippen LogP contribution in [0.25, 0.3) is 0 Å². The van der Waals surface area contributed by atoms with E-state index in [1.807, 2.05) is 0 Å². The molecular weight excluding hydrogens is 594 g/mol. The number of aliphatic hydroxyl groups excluding tert-OH is 1. The number of ether oxygens (including phenoxy) is 3. The Kier molecular flexibility index (Phi) is 8.44. The third-order valence-corrected chi connectivity index (χ3v) is 7.90. The number of hydrogen-bond donors (Lipinski definition) is 2. The number of aliphatic hydroxyl groups is 1. The van der Waals surface area contributed by atoms with Gasteiger partial charge in [0.2, 0.25) is 0 Å². The van der Waals surface area contributed by atoms with Crippen LogP contribution in [0.1, 0.15) is 58.0 Å². The van der Waals surface area contributed by atoms with Crippen LogP contribution in [0.5, 0.6) is 11.5 Å². The first-order valence-corrected chi connectivity index (χ1v) is 13.9. The summed E-state index contributed by atoms with van der Waals surface area (Å²) in [6, 6.07) is 13.0. The van der Waals surface area contributed by atoms with Crippen LogP contribution in [0.15, 0.2) is 65.9 Å². The number of hydrogen-bond acceptors (Lipinski definition) is 6. The topological polar surface area (TPSA) is 88.8 Å². The average Bonchev–Trinajstić information content (AvgIpc) is 3.81. The highest BCUT2D eigenvalue weighted by molar-refractivity contribution is 6.41. The molecule has 0 bridgehead atoms. The Bertz CT molecular complexity index is 1560. The van der Waals surface area contributed by atoms with Crippen molar-refractivity contribution in [1.29, 1.82) is 5.41 Å². The van der Waals surface area contributed by atoms with Crippen LogP contribution in [-0.4, -0.2) is 30.5 Å². The normalized spacial score (nSPS) is 17.0. The summed E-state index contributed by atoms with van der Waals surface area (Å²) in [5, 5.41) is 19.9. The second kappa shape index (κ2) is 11.9. The molecular formula is C31H26Cl2F3NO5. The summed E-state index contributed by atoms with van der Waals surface area (Å²) in [7, 11) is 1.27. The molecule has 1 atom stereocenters. The van der Waals surface area contributed by atoms with Gasteiger partial charge in [0.25, 0.3) is 0 Å². The fourth-order valence-electron chi connectivity index (χ4n) is 4.92. The SMILES string of the molecule is COC(=O)c1ccc2c(c1)CCC(c1ccc(OC/C(C(=N)c3c(Cl)cccc3Cl)=C(/O)C3CC3)cc1C(F)(F)F)O2. The fourth-order valence-corrected chi connectivity index (χ4v) is 5.51. The van der Waals surface area contributed by atoms with Gasteiger partial charge in [-0.2, -0.15) is 13.2 Å². The van der Waals surface area contributed by atoms with Crippen molar-refractivity contribution in [2.75, 3.05) is 13.7 Å². The maximum atomic E-state index is 14.3. The number of alkyl halides is 3. The Morgan fingerprint density at radius 3 is 2.43 bits per heavy atom. The average molecular weight is 620 g/mol. The molecule has 1 saturated carbocycles. The van der Waals surface area contributed by atoms with E-state index in [1.165, 1.54) is 25.3 Å². The molecule has 0 aromatic heterocycles. The van der Waals surface area contributed by atoms with Crippen LogP contribution in [0.3, 0.4) is 0 Å². The number of halogens is 5. The first-order valence-electron chi connectivity index (χ1n) is 13.1. The first kappa shape index (κ1) is 29.8. The van der Waals surface area contributed by atoms with E-state index < -0.39 is 23.8 Å². The van der Waals surface area contributed by atoms with E-state index in [-0.39, 0.29) is 62.9 Å². The molecule has 1 aliphatic heterocycles. The van der Waals surface area contributed by atoms with Crippen molar-refractivity contribution in [2.24, 2.45) is 5.92 Å². The Morgan fingerprint density at radius 2 is 1.79 bits per heavy atom. The highest BCUT2D eigenvalue weighted by Crippen LogP contribution is 2.43. The van der Waals surface area contributed by atoms with Crippen LogP contribution in [0, 0.1) is 11.3 Å². The summed E-state index contributed by atoms with van der Waals surface area (Å²) >= 11 is 12.6. The van der Waals surface area contributed by atoms with Crippen LogP contribution in [0.4, 0.5) is 13.2 Å². The number of aryl methyl sites for hydroxylation is 1. The van der Waals surface area contributed by atoms with Crippen LogP contribution >= 0.6 is 23.2 Å². The van der Waals surface area contributed by atoms with Gasteiger partial charge in [0.15, 0.2) is 0 Å². The molecule has 0 saturated heterocycles. The molecule has 42 heavy (non-hydrogen) atoms. The van der Waals surface area contributed by atoms with E-state index in [2.05, 4.69) is 0 Å². The number of methoxy groups -OCH3 is 1. The fraction of sp³-hybridized carbons (Fsp3) is 0.290. The summed E-state index contributed by atoms with van der Waals surface area (Å²) in [6.07, 6.45) is -3.47. The van der Waals surface area contributed by atoms with Gasteiger partial charge in [-0.1, -0.05) is 35.3 Å². The first-order chi connectivity index (χ1) is 20.0. The van der Waals surface area contributed by atoms with E-state index in [4.69, 9.17) is 42.8 Å². The summed E-state index contributed by atoms with van der Waals surface area (Å²) in [5.74, 6) is -0.427. The van der Waals surface area contributed by atoms with Crippen molar-refractivity contribution < 1.29 is 37.3 Å². The highest BCUT2D eigenvalue weighted by atomic mass is 35.5. The van der Waals surface area contributed by atoms with Gasteiger partial charge in [0.1, 0.15) is 30.0 Å². The number of nitrogens with one attached hydrogen (secondary N) is 1. The molecule has 0 spiro atoms. The lowest BCUT2D eigenvalue weighted by atomic mass is 9.93. The zero-order valence-corrected chi connectivity index (χ0v) is 23.9. The van der Waals surface area contributed by atoms with E-state index in [9.17, 15) is 23.1 Å². The molecule has 2 aliphatic rings. The van der Waals surface area contributed by atoms with Crippen molar-refractivity contribution in [3.8, 4) is 11.5 Å². The number of allylic oxidation sites excluding steroid dienone is 1. The van der Waals surface area contributed by atoms with Gasteiger partial charge in [0, 0.05) is 17.0 Å². The number of rotatable bonds is 8. The molecule has 0 radical (unpaired) electrons. The minimum absolute atomic E-state index is 0.0512.